The Hall–Kier alpha value is -2.74. The van der Waals surface area contributed by atoms with Crippen molar-refractivity contribution in [2.45, 2.75) is 45.2 Å². The van der Waals surface area contributed by atoms with Gasteiger partial charge in [0, 0.05) is 13.1 Å². The fraction of sp³-hybridized carbons (Fsp3) is 0.333. The van der Waals surface area contributed by atoms with Crippen molar-refractivity contribution in [2.24, 2.45) is 5.92 Å². The first-order valence-corrected chi connectivity index (χ1v) is 10.8. The highest BCUT2D eigenvalue weighted by Gasteiger charge is 2.17. The molecule has 149 valence electrons. The van der Waals surface area contributed by atoms with Gasteiger partial charge in [-0.2, -0.15) is 0 Å². The summed E-state index contributed by atoms with van der Waals surface area (Å²) < 4.78 is 6.36. The molecule has 4 rings (SSSR count). The van der Waals surface area contributed by atoms with E-state index < -0.39 is 0 Å². The third-order valence-electron chi connectivity index (χ3n) is 5.78. The van der Waals surface area contributed by atoms with Gasteiger partial charge in [-0.15, -0.1) is 0 Å². The van der Waals surface area contributed by atoms with Gasteiger partial charge in [-0.25, -0.2) is 0 Å². The standard InChI is InChI=1S/C27H30NO/c1-4-12-23(13-5-1)20-28(21-24-14-6-2-7-15-24)26-18-10-11-19-27(26)29-22-25-16-8-3-9-17-25/h1-2,4-7,10,12-15,18-19,25H,3,8-9,16-17,20-22H2. The van der Waals surface area contributed by atoms with Crippen molar-refractivity contribution < 1.29 is 4.74 Å². The molecule has 0 spiro atoms. The van der Waals surface area contributed by atoms with E-state index in [1.165, 1.54) is 43.2 Å². The summed E-state index contributed by atoms with van der Waals surface area (Å²) in [4.78, 5) is 2.41. The molecule has 1 aliphatic rings. The van der Waals surface area contributed by atoms with Crippen LogP contribution in [0, 0.1) is 12.0 Å². The molecular formula is C27H30NO. The van der Waals surface area contributed by atoms with E-state index in [2.05, 4.69) is 77.7 Å². The molecule has 2 nitrogen and oxygen atoms in total. The van der Waals surface area contributed by atoms with E-state index >= 15 is 0 Å². The number of hydrogen-bond acceptors (Lipinski definition) is 2. The molecule has 0 N–H and O–H groups in total. The van der Waals surface area contributed by atoms with Crippen LogP contribution in [0.15, 0.2) is 78.9 Å². The highest BCUT2D eigenvalue weighted by molar-refractivity contribution is 5.58. The van der Waals surface area contributed by atoms with Crippen LogP contribution < -0.4 is 9.64 Å². The van der Waals surface area contributed by atoms with Crippen molar-refractivity contribution in [2.75, 3.05) is 11.5 Å². The van der Waals surface area contributed by atoms with Gasteiger partial charge in [0.25, 0.3) is 0 Å². The molecule has 0 heterocycles. The lowest BCUT2D eigenvalue weighted by atomic mass is 9.90. The minimum Gasteiger partial charge on any atom is -0.491 e. The fourth-order valence-electron chi connectivity index (χ4n) is 4.18. The Morgan fingerprint density at radius 1 is 0.793 bits per heavy atom. The molecule has 0 bridgehead atoms. The molecule has 3 aromatic carbocycles. The molecule has 29 heavy (non-hydrogen) atoms. The second-order valence-corrected chi connectivity index (χ2v) is 8.04. The molecule has 1 aliphatic carbocycles. The van der Waals surface area contributed by atoms with Crippen molar-refractivity contribution in [3.05, 3.63) is 96.1 Å². The summed E-state index contributed by atoms with van der Waals surface area (Å²) in [5, 5.41) is 0. The Labute approximate surface area is 175 Å². The molecule has 0 unspecified atom stereocenters. The second kappa shape index (κ2) is 10.2. The van der Waals surface area contributed by atoms with Gasteiger partial charge >= 0.3 is 0 Å². The molecule has 0 saturated heterocycles. The second-order valence-electron chi connectivity index (χ2n) is 8.04. The molecule has 1 radical (unpaired) electrons. The first-order valence-electron chi connectivity index (χ1n) is 10.8. The van der Waals surface area contributed by atoms with Crippen LogP contribution in [-0.2, 0) is 13.1 Å². The third kappa shape index (κ3) is 5.63. The summed E-state index contributed by atoms with van der Waals surface area (Å²) in [6.45, 7) is 2.51. The van der Waals surface area contributed by atoms with Gasteiger partial charge in [0.05, 0.1) is 12.3 Å². The molecule has 1 fully saturated rings. The summed E-state index contributed by atoms with van der Waals surface area (Å²) in [6.07, 6.45) is 6.65. The SMILES string of the molecule is [c]1ccc(N(Cc2ccccc2)Cc2ccccc2)c(OCC2CCCCC2)c1. The van der Waals surface area contributed by atoms with E-state index in [1.54, 1.807) is 0 Å². The number of anilines is 1. The predicted molar refractivity (Wildman–Crippen MR) is 120 cm³/mol. The van der Waals surface area contributed by atoms with Crippen molar-refractivity contribution >= 4 is 5.69 Å². The van der Waals surface area contributed by atoms with Gasteiger partial charge < -0.3 is 9.64 Å². The molecule has 2 heteroatoms. The molecule has 0 amide bonds. The lowest BCUT2D eigenvalue weighted by Gasteiger charge is -2.28. The lowest BCUT2D eigenvalue weighted by molar-refractivity contribution is 0.209. The van der Waals surface area contributed by atoms with Crippen LogP contribution in [0.2, 0.25) is 0 Å². The Bertz CT molecular complexity index is 814. The molecule has 1 saturated carbocycles. The zero-order valence-electron chi connectivity index (χ0n) is 17.1. The van der Waals surface area contributed by atoms with Crippen LogP contribution in [0.4, 0.5) is 5.69 Å². The Balaban J connectivity index is 1.55. The first-order chi connectivity index (χ1) is 14.4. The summed E-state index contributed by atoms with van der Waals surface area (Å²) in [5.41, 5.74) is 3.75. The van der Waals surface area contributed by atoms with Crippen molar-refractivity contribution in [3.63, 3.8) is 0 Å². The zero-order chi connectivity index (χ0) is 19.7. The molecular weight excluding hydrogens is 354 g/mol. The maximum atomic E-state index is 6.36. The molecule has 0 atom stereocenters. The van der Waals surface area contributed by atoms with Crippen molar-refractivity contribution in [1.82, 2.24) is 0 Å². The minimum atomic E-state index is 0.688. The van der Waals surface area contributed by atoms with Crippen molar-refractivity contribution in [1.29, 1.82) is 0 Å². The Morgan fingerprint density at radius 3 is 2.03 bits per heavy atom. The number of nitrogens with zero attached hydrogens (tertiary/aromatic N) is 1. The number of benzene rings is 3. The first kappa shape index (κ1) is 19.6. The average molecular weight is 385 g/mol. The van der Waals surface area contributed by atoms with Gasteiger partial charge in [0.15, 0.2) is 0 Å². The zero-order valence-corrected chi connectivity index (χ0v) is 17.1. The largest absolute Gasteiger partial charge is 0.491 e. The van der Waals surface area contributed by atoms with E-state index in [9.17, 15) is 0 Å². The van der Waals surface area contributed by atoms with Gasteiger partial charge in [-0.1, -0.05) is 86.0 Å². The van der Waals surface area contributed by atoms with E-state index in [4.69, 9.17) is 4.74 Å². The topological polar surface area (TPSA) is 12.5 Å². The third-order valence-corrected chi connectivity index (χ3v) is 5.78. The van der Waals surface area contributed by atoms with E-state index in [0.29, 0.717) is 5.92 Å². The molecule has 3 aromatic rings. The Kier molecular flexibility index (Phi) is 6.85. The van der Waals surface area contributed by atoms with Crippen LogP contribution in [0.25, 0.3) is 0 Å². The molecule has 0 aliphatic heterocycles. The van der Waals surface area contributed by atoms with Crippen LogP contribution in [0.1, 0.15) is 43.2 Å². The monoisotopic (exact) mass is 384 g/mol. The quantitative estimate of drug-likeness (QED) is 0.431. The summed E-state index contributed by atoms with van der Waals surface area (Å²) >= 11 is 0. The maximum absolute atomic E-state index is 6.36. The van der Waals surface area contributed by atoms with E-state index in [0.717, 1.165) is 31.1 Å². The summed E-state index contributed by atoms with van der Waals surface area (Å²) in [6, 6.07) is 30.7. The summed E-state index contributed by atoms with van der Waals surface area (Å²) in [7, 11) is 0. The fourth-order valence-corrected chi connectivity index (χ4v) is 4.18. The van der Waals surface area contributed by atoms with Crippen LogP contribution in [-0.4, -0.2) is 6.61 Å². The van der Waals surface area contributed by atoms with Gasteiger partial charge in [0.1, 0.15) is 5.75 Å². The number of hydrogen-bond donors (Lipinski definition) is 0. The van der Waals surface area contributed by atoms with E-state index in [1.807, 2.05) is 12.1 Å². The highest BCUT2D eigenvalue weighted by atomic mass is 16.5. The van der Waals surface area contributed by atoms with Gasteiger partial charge in [0.2, 0.25) is 0 Å². The van der Waals surface area contributed by atoms with Gasteiger partial charge in [-0.05, 0) is 48.1 Å². The minimum absolute atomic E-state index is 0.688. The van der Waals surface area contributed by atoms with E-state index in [-0.39, 0.29) is 0 Å². The molecule has 0 aromatic heterocycles. The average Bonchev–Trinajstić information content (AvgIpc) is 2.80. The summed E-state index contributed by atoms with van der Waals surface area (Å²) in [5.74, 6) is 1.64. The normalized spacial score (nSPS) is 14.5. The lowest BCUT2D eigenvalue weighted by Crippen LogP contribution is -2.23. The maximum Gasteiger partial charge on any atom is 0.143 e. The highest BCUT2D eigenvalue weighted by Crippen LogP contribution is 2.32. The van der Waals surface area contributed by atoms with Crippen molar-refractivity contribution in [3.8, 4) is 5.75 Å². The Morgan fingerprint density at radius 2 is 1.41 bits per heavy atom. The number of ether oxygens (including phenoxy) is 1. The smallest absolute Gasteiger partial charge is 0.143 e. The van der Waals surface area contributed by atoms with Crippen LogP contribution in [0.5, 0.6) is 5.75 Å². The van der Waals surface area contributed by atoms with Crippen LogP contribution >= 0.6 is 0 Å². The number of rotatable bonds is 8. The van der Waals surface area contributed by atoms with Gasteiger partial charge in [-0.3, -0.25) is 0 Å². The van der Waals surface area contributed by atoms with Crippen LogP contribution in [0.3, 0.4) is 0 Å². The predicted octanol–water partition coefficient (Wildman–Crippen LogP) is 6.65.